The zero-order valence-corrected chi connectivity index (χ0v) is 19.3. The van der Waals surface area contributed by atoms with Crippen molar-refractivity contribution in [1.29, 1.82) is 0 Å². The van der Waals surface area contributed by atoms with Crippen LogP contribution in [0.1, 0.15) is 12.5 Å². The van der Waals surface area contributed by atoms with Crippen LogP contribution in [-0.2, 0) is 20.8 Å². The number of rotatable bonds is 5. The second-order valence-electron chi connectivity index (χ2n) is 7.12. The maximum atomic E-state index is 13.1. The third-order valence-electron chi connectivity index (χ3n) is 5.00. The van der Waals surface area contributed by atoms with Crippen molar-refractivity contribution in [1.82, 2.24) is 10.6 Å². The molecule has 2 fully saturated rings. The number of aryl methyl sites for hydroxylation is 1. The van der Waals surface area contributed by atoms with Gasteiger partial charge < -0.3 is 16.0 Å². The first-order chi connectivity index (χ1) is 15.4. The Morgan fingerprint density at radius 1 is 1.12 bits per heavy atom. The van der Waals surface area contributed by atoms with Gasteiger partial charge in [-0.1, -0.05) is 42.4 Å². The van der Waals surface area contributed by atoms with E-state index in [9.17, 15) is 14.4 Å². The Morgan fingerprint density at radius 3 is 2.47 bits per heavy atom. The monoisotopic (exact) mass is 486 g/mol. The average Bonchev–Trinajstić information content (AvgIpc) is 3.11. The van der Waals surface area contributed by atoms with Gasteiger partial charge in [-0.2, -0.15) is 0 Å². The normalized spacial score (nSPS) is 22.2. The van der Waals surface area contributed by atoms with Gasteiger partial charge in [0, 0.05) is 10.7 Å². The molecule has 7 nitrogen and oxygen atoms in total. The number of thiocarbonyl (C=S) groups is 1. The Kier molecular flexibility index (Phi) is 6.50. The number of thioether (sulfide) groups is 1. The topological polar surface area (TPSA) is 90.5 Å². The van der Waals surface area contributed by atoms with Gasteiger partial charge in [-0.3, -0.25) is 19.3 Å². The van der Waals surface area contributed by atoms with Crippen LogP contribution in [-0.4, -0.2) is 28.3 Å². The van der Waals surface area contributed by atoms with Gasteiger partial charge >= 0.3 is 0 Å². The Hall–Kier alpha value is -2.88. The predicted octanol–water partition coefficient (Wildman–Crippen LogP) is 3.41. The highest BCUT2D eigenvalue weighted by Gasteiger charge is 2.40. The molecule has 32 heavy (non-hydrogen) atoms. The van der Waals surface area contributed by atoms with E-state index in [0.717, 1.165) is 12.1 Å². The lowest BCUT2D eigenvalue weighted by molar-refractivity contribution is -0.131. The lowest BCUT2D eigenvalue weighted by Gasteiger charge is -2.31. The second kappa shape index (κ2) is 9.32. The Balaban J connectivity index is 1.51. The van der Waals surface area contributed by atoms with Crippen LogP contribution in [0.2, 0.25) is 5.02 Å². The van der Waals surface area contributed by atoms with Crippen molar-refractivity contribution in [3.05, 3.63) is 70.1 Å². The smallest absolute Gasteiger partial charge is 0.259 e. The minimum Gasteiger partial charge on any atom is -0.357 e. The summed E-state index contributed by atoms with van der Waals surface area (Å²) in [6, 6.07) is 14.4. The third-order valence-corrected chi connectivity index (χ3v) is 6.58. The lowest BCUT2D eigenvalue weighted by atomic mass is 10.0. The van der Waals surface area contributed by atoms with Gasteiger partial charge in [-0.25, -0.2) is 0 Å². The molecule has 164 valence electrons. The van der Waals surface area contributed by atoms with Crippen LogP contribution in [0.4, 0.5) is 11.4 Å². The van der Waals surface area contributed by atoms with E-state index in [1.165, 1.54) is 28.3 Å². The molecule has 4 rings (SSSR count). The Bertz CT molecular complexity index is 1120. The number of hydrogen-bond acceptors (Lipinski definition) is 6. The highest BCUT2D eigenvalue weighted by atomic mass is 35.5. The highest BCUT2D eigenvalue weighted by molar-refractivity contribution is 8.05. The van der Waals surface area contributed by atoms with Gasteiger partial charge in [0.2, 0.25) is 11.8 Å². The number of nitrogens with zero attached hydrogens (tertiary/aromatic N) is 1. The molecule has 10 heteroatoms. The van der Waals surface area contributed by atoms with Crippen LogP contribution in [0.25, 0.3) is 0 Å². The molecule has 2 heterocycles. The first kappa shape index (κ1) is 22.3. The van der Waals surface area contributed by atoms with E-state index in [1.807, 2.05) is 24.3 Å². The summed E-state index contributed by atoms with van der Waals surface area (Å²) in [5, 5.41) is 9.05. The molecule has 2 saturated heterocycles. The maximum Gasteiger partial charge on any atom is 0.259 e. The lowest BCUT2D eigenvalue weighted by Crippen LogP contribution is -2.57. The van der Waals surface area contributed by atoms with Crippen molar-refractivity contribution in [2.24, 2.45) is 5.92 Å². The van der Waals surface area contributed by atoms with E-state index < -0.39 is 23.2 Å². The summed E-state index contributed by atoms with van der Waals surface area (Å²) in [5.41, 5.74) is 2.12. The zero-order valence-electron chi connectivity index (χ0n) is 16.9. The molecule has 2 aromatic rings. The molecule has 2 aliphatic heterocycles. The molecule has 0 saturated carbocycles. The third kappa shape index (κ3) is 4.64. The first-order valence-corrected chi connectivity index (χ1v) is 11.5. The molecular weight excluding hydrogens is 468 g/mol. The summed E-state index contributed by atoms with van der Waals surface area (Å²) in [7, 11) is 0. The number of carbonyl (C=O) groups excluding carboxylic acids is 3. The minimum absolute atomic E-state index is 0.0180. The summed E-state index contributed by atoms with van der Waals surface area (Å²) >= 11 is 12.3. The van der Waals surface area contributed by atoms with Crippen LogP contribution in [0, 0.1) is 5.92 Å². The summed E-state index contributed by atoms with van der Waals surface area (Å²) in [6.45, 7) is 2.08. The van der Waals surface area contributed by atoms with E-state index in [-0.39, 0.29) is 15.9 Å². The Labute approximate surface area is 199 Å². The molecule has 3 N–H and O–H groups in total. The van der Waals surface area contributed by atoms with Crippen molar-refractivity contribution >= 4 is 69.8 Å². The number of halogens is 1. The first-order valence-electron chi connectivity index (χ1n) is 9.85. The molecular formula is C22H19ClN4O3S2. The molecule has 0 unspecified atom stereocenters. The van der Waals surface area contributed by atoms with E-state index in [2.05, 4.69) is 22.9 Å². The van der Waals surface area contributed by atoms with E-state index >= 15 is 0 Å². The van der Waals surface area contributed by atoms with Crippen molar-refractivity contribution in [3.63, 3.8) is 0 Å². The van der Waals surface area contributed by atoms with Crippen LogP contribution in [0.3, 0.4) is 0 Å². The molecule has 0 aromatic heterocycles. The van der Waals surface area contributed by atoms with E-state index in [4.69, 9.17) is 23.8 Å². The largest absolute Gasteiger partial charge is 0.357 e. The standard InChI is InChI=1S/C22H19ClN4O3S2/c1-2-12-3-7-14(8-4-12)24-21-25-19(29)17(32-21)11-16-18(28)26-22(31)27(20(16)30)15-9-5-13(23)6-10-15/h3-11,16,21,24H,2H2,1H3,(H,25,29)(H,26,28,31)/b17-11-/t16-,21-/m0/s1. The fourth-order valence-corrected chi connectivity index (χ4v) is 4.71. The van der Waals surface area contributed by atoms with Crippen molar-refractivity contribution in [2.75, 3.05) is 10.2 Å². The summed E-state index contributed by atoms with van der Waals surface area (Å²) in [6.07, 6.45) is 2.32. The summed E-state index contributed by atoms with van der Waals surface area (Å²) in [4.78, 5) is 39.6. The van der Waals surface area contributed by atoms with Gasteiger partial charge in [0.15, 0.2) is 10.6 Å². The SMILES string of the molecule is CCc1ccc(N[C@H]2NC(=O)/C(=C/[C@H]3C(=O)NC(=S)N(c4ccc(Cl)cc4)C3=O)S2)cc1. The quantitative estimate of drug-likeness (QED) is 0.341. The van der Waals surface area contributed by atoms with Gasteiger partial charge in [0.25, 0.3) is 5.91 Å². The zero-order chi connectivity index (χ0) is 22.8. The van der Waals surface area contributed by atoms with E-state index in [1.54, 1.807) is 24.3 Å². The van der Waals surface area contributed by atoms with Crippen LogP contribution >= 0.6 is 35.6 Å². The summed E-state index contributed by atoms with van der Waals surface area (Å²) in [5.74, 6) is -2.65. The van der Waals surface area contributed by atoms with Crippen molar-refractivity contribution < 1.29 is 14.4 Å². The van der Waals surface area contributed by atoms with Crippen molar-refractivity contribution in [2.45, 2.75) is 18.8 Å². The van der Waals surface area contributed by atoms with Crippen LogP contribution in [0.5, 0.6) is 0 Å². The molecule has 0 spiro atoms. The predicted molar refractivity (Wildman–Crippen MR) is 130 cm³/mol. The number of carbonyl (C=O) groups is 3. The number of benzene rings is 2. The van der Waals surface area contributed by atoms with Gasteiger partial charge in [0.1, 0.15) is 5.92 Å². The van der Waals surface area contributed by atoms with E-state index in [0.29, 0.717) is 10.7 Å². The Morgan fingerprint density at radius 2 is 1.81 bits per heavy atom. The molecule has 2 aliphatic rings. The number of amides is 3. The van der Waals surface area contributed by atoms with Gasteiger partial charge in [-0.05, 0) is 66.7 Å². The fourth-order valence-electron chi connectivity index (χ4n) is 3.29. The molecule has 2 aromatic carbocycles. The molecule has 0 bridgehead atoms. The molecule has 2 atom stereocenters. The maximum absolute atomic E-state index is 13.1. The van der Waals surface area contributed by atoms with Gasteiger partial charge in [0.05, 0.1) is 10.6 Å². The molecule has 3 amide bonds. The second-order valence-corrected chi connectivity index (χ2v) is 9.09. The minimum atomic E-state index is -1.19. The van der Waals surface area contributed by atoms with Crippen LogP contribution in [0.15, 0.2) is 59.5 Å². The van der Waals surface area contributed by atoms with Crippen LogP contribution < -0.4 is 20.9 Å². The molecule has 0 radical (unpaired) electrons. The van der Waals surface area contributed by atoms with Crippen molar-refractivity contribution in [3.8, 4) is 0 Å². The van der Waals surface area contributed by atoms with Gasteiger partial charge in [-0.15, -0.1) is 0 Å². The highest BCUT2D eigenvalue weighted by Crippen LogP contribution is 2.31. The number of anilines is 2. The summed E-state index contributed by atoms with van der Waals surface area (Å²) < 4.78 is 0. The number of hydrogen-bond donors (Lipinski definition) is 3. The fraction of sp³-hybridized carbons (Fsp3) is 0.182. The molecule has 0 aliphatic carbocycles. The average molecular weight is 487 g/mol. The number of nitrogens with one attached hydrogen (secondary N) is 3.